The van der Waals surface area contributed by atoms with Crippen molar-refractivity contribution in [1.82, 2.24) is 0 Å². The van der Waals surface area contributed by atoms with Gasteiger partial charge in [0, 0.05) is 12.1 Å². The number of benzene rings is 2. The predicted octanol–water partition coefficient (Wildman–Crippen LogP) is 3.89. The van der Waals surface area contributed by atoms with E-state index in [1.165, 1.54) is 43.3 Å². The van der Waals surface area contributed by atoms with E-state index in [2.05, 4.69) is 0 Å². The SMILES string of the molecule is Cc1ccc(Oc2ccc([C@@H](C)O)cc2[N+](=O)[O-])cc1F. The number of hydrogen-bond donors (Lipinski definition) is 1. The maximum absolute atomic E-state index is 13.5. The molecule has 2 rings (SSSR count). The summed E-state index contributed by atoms with van der Waals surface area (Å²) in [5, 5.41) is 20.5. The zero-order valence-electron chi connectivity index (χ0n) is 11.5. The molecule has 0 aliphatic heterocycles. The summed E-state index contributed by atoms with van der Waals surface area (Å²) in [6.45, 7) is 3.12. The van der Waals surface area contributed by atoms with E-state index in [4.69, 9.17) is 4.74 Å². The molecule has 0 heterocycles. The van der Waals surface area contributed by atoms with Gasteiger partial charge in [-0.2, -0.15) is 0 Å². The predicted molar refractivity (Wildman–Crippen MR) is 74.9 cm³/mol. The van der Waals surface area contributed by atoms with E-state index in [0.29, 0.717) is 11.1 Å². The van der Waals surface area contributed by atoms with Gasteiger partial charge in [0.25, 0.3) is 0 Å². The summed E-state index contributed by atoms with van der Waals surface area (Å²) >= 11 is 0. The molecule has 0 bridgehead atoms. The second-order valence-corrected chi connectivity index (χ2v) is 4.67. The van der Waals surface area contributed by atoms with Crippen molar-refractivity contribution in [1.29, 1.82) is 0 Å². The van der Waals surface area contributed by atoms with E-state index in [-0.39, 0.29) is 17.2 Å². The number of nitro benzene ring substituents is 1. The molecule has 21 heavy (non-hydrogen) atoms. The van der Waals surface area contributed by atoms with Crippen LogP contribution in [0.1, 0.15) is 24.2 Å². The van der Waals surface area contributed by atoms with Crippen LogP contribution in [0.3, 0.4) is 0 Å². The lowest BCUT2D eigenvalue weighted by atomic mass is 10.1. The number of aryl methyl sites for hydroxylation is 1. The van der Waals surface area contributed by atoms with Crippen molar-refractivity contribution in [2.75, 3.05) is 0 Å². The van der Waals surface area contributed by atoms with Gasteiger partial charge in [-0.25, -0.2) is 4.39 Å². The largest absolute Gasteiger partial charge is 0.450 e. The molecule has 0 aromatic heterocycles. The number of ether oxygens (including phenoxy) is 1. The van der Waals surface area contributed by atoms with E-state index in [9.17, 15) is 19.6 Å². The minimum atomic E-state index is -0.824. The van der Waals surface area contributed by atoms with Gasteiger partial charge in [-0.15, -0.1) is 0 Å². The van der Waals surface area contributed by atoms with Crippen molar-refractivity contribution in [3.8, 4) is 11.5 Å². The molecule has 6 heteroatoms. The van der Waals surface area contributed by atoms with Crippen LogP contribution >= 0.6 is 0 Å². The molecule has 2 aromatic rings. The summed E-state index contributed by atoms with van der Waals surface area (Å²) in [6.07, 6.45) is -0.824. The van der Waals surface area contributed by atoms with Crippen molar-refractivity contribution in [3.63, 3.8) is 0 Å². The maximum Gasteiger partial charge on any atom is 0.311 e. The lowest BCUT2D eigenvalue weighted by molar-refractivity contribution is -0.385. The van der Waals surface area contributed by atoms with E-state index in [1.807, 2.05) is 0 Å². The minimum Gasteiger partial charge on any atom is -0.450 e. The molecule has 0 radical (unpaired) electrons. The first kappa shape index (κ1) is 14.9. The number of nitrogens with zero attached hydrogens (tertiary/aromatic N) is 1. The Morgan fingerprint density at radius 1 is 1.29 bits per heavy atom. The summed E-state index contributed by atoms with van der Waals surface area (Å²) in [7, 11) is 0. The Kier molecular flexibility index (Phi) is 4.18. The Morgan fingerprint density at radius 3 is 2.57 bits per heavy atom. The fourth-order valence-corrected chi connectivity index (χ4v) is 1.79. The van der Waals surface area contributed by atoms with Crippen LogP contribution < -0.4 is 4.74 Å². The van der Waals surface area contributed by atoms with Gasteiger partial charge >= 0.3 is 5.69 Å². The third-order valence-corrected chi connectivity index (χ3v) is 3.03. The maximum atomic E-state index is 13.5. The highest BCUT2D eigenvalue weighted by atomic mass is 19.1. The molecular formula is C15H14FNO4. The van der Waals surface area contributed by atoms with Crippen LogP contribution in [-0.4, -0.2) is 10.0 Å². The molecular weight excluding hydrogens is 277 g/mol. The second-order valence-electron chi connectivity index (χ2n) is 4.67. The molecule has 1 N–H and O–H groups in total. The van der Waals surface area contributed by atoms with Crippen LogP contribution in [0.2, 0.25) is 0 Å². The van der Waals surface area contributed by atoms with Gasteiger partial charge in [-0.3, -0.25) is 10.1 Å². The van der Waals surface area contributed by atoms with E-state index >= 15 is 0 Å². The Morgan fingerprint density at radius 2 is 2.00 bits per heavy atom. The number of aliphatic hydroxyl groups is 1. The van der Waals surface area contributed by atoms with Gasteiger partial charge in [0.1, 0.15) is 11.6 Å². The standard InChI is InChI=1S/C15H14FNO4/c1-9-3-5-12(8-13(9)16)21-15-6-4-11(10(2)18)7-14(15)17(19)20/h3-8,10,18H,1-2H3/t10-/m1/s1. The highest BCUT2D eigenvalue weighted by Crippen LogP contribution is 2.34. The van der Waals surface area contributed by atoms with Crippen LogP contribution in [0.4, 0.5) is 10.1 Å². The number of aliphatic hydroxyl groups excluding tert-OH is 1. The van der Waals surface area contributed by atoms with Gasteiger partial charge in [0.15, 0.2) is 0 Å². The van der Waals surface area contributed by atoms with Crippen molar-refractivity contribution in [2.45, 2.75) is 20.0 Å². The van der Waals surface area contributed by atoms with Crippen LogP contribution in [0.15, 0.2) is 36.4 Å². The van der Waals surface area contributed by atoms with E-state index < -0.39 is 16.8 Å². The first-order valence-electron chi connectivity index (χ1n) is 6.29. The molecule has 110 valence electrons. The van der Waals surface area contributed by atoms with Gasteiger partial charge in [0.05, 0.1) is 11.0 Å². The monoisotopic (exact) mass is 291 g/mol. The van der Waals surface area contributed by atoms with Gasteiger partial charge in [-0.1, -0.05) is 12.1 Å². The van der Waals surface area contributed by atoms with Crippen molar-refractivity contribution < 1.29 is 19.2 Å². The lowest BCUT2D eigenvalue weighted by Gasteiger charge is -2.10. The van der Waals surface area contributed by atoms with Gasteiger partial charge in [-0.05, 0) is 37.1 Å². The molecule has 0 aliphatic carbocycles. The number of hydrogen-bond acceptors (Lipinski definition) is 4. The van der Waals surface area contributed by atoms with Crippen molar-refractivity contribution in [2.24, 2.45) is 0 Å². The van der Waals surface area contributed by atoms with Gasteiger partial charge in [0.2, 0.25) is 5.75 Å². The van der Waals surface area contributed by atoms with Crippen LogP contribution in [0, 0.1) is 22.9 Å². The van der Waals surface area contributed by atoms with Crippen molar-refractivity contribution >= 4 is 5.69 Å². The molecule has 2 aromatic carbocycles. The molecule has 0 amide bonds. The van der Waals surface area contributed by atoms with Crippen LogP contribution in [-0.2, 0) is 0 Å². The topological polar surface area (TPSA) is 72.6 Å². The Balaban J connectivity index is 2.39. The Hall–Kier alpha value is -2.47. The average molecular weight is 291 g/mol. The summed E-state index contributed by atoms with van der Waals surface area (Å²) < 4.78 is 18.8. The van der Waals surface area contributed by atoms with E-state index in [1.54, 1.807) is 6.92 Å². The smallest absolute Gasteiger partial charge is 0.311 e. The highest BCUT2D eigenvalue weighted by molar-refractivity contribution is 5.51. The molecule has 0 saturated heterocycles. The molecule has 0 saturated carbocycles. The first-order valence-corrected chi connectivity index (χ1v) is 6.29. The Bertz CT molecular complexity index is 685. The fourth-order valence-electron chi connectivity index (χ4n) is 1.79. The number of halogens is 1. The normalized spacial score (nSPS) is 12.0. The summed E-state index contributed by atoms with van der Waals surface area (Å²) in [5.41, 5.74) is 0.583. The molecule has 1 atom stereocenters. The molecule has 0 fully saturated rings. The fraction of sp³-hybridized carbons (Fsp3) is 0.200. The van der Waals surface area contributed by atoms with Crippen LogP contribution in [0.5, 0.6) is 11.5 Å². The minimum absolute atomic E-state index is 0.00680. The second kappa shape index (κ2) is 5.88. The number of rotatable bonds is 4. The van der Waals surface area contributed by atoms with Gasteiger partial charge < -0.3 is 9.84 Å². The van der Waals surface area contributed by atoms with Crippen molar-refractivity contribution in [3.05, 3.63) is 63.5 Å². The Labute approximate surface area is 120 Å². The third-order valence-electron chi connectivity index (χ3n) is 3.03. The number of nitro groups is 1. The highest BCUT2D eigenvalue weighted by Gasteiger charge is 2.18. The molecule has 0 spiro atoms. The quantitative estimate of drug-likeness (QED) is 0.685. The third kappa shape index (κ3) is 3.35. The summed E-state index contributed by atoms with van der Waals surface area (Å²) in [5.74, 6) is -0.283. The zero-order valence-corrected chi connectivity index (χ0v) is 11.5. The first-order chi connectivity index (χ1) is 9.88. The average Bonchev–Trinajstić information content (AvgIpc) is 2.43. The van der Waals surface area contributed by atoms with Crippen LogP contribution in [0.25, 0.3) is 0 Å². The summed E-state index contributed by atoms with van der Waals surface area (Å²) in [4.78, 5) is 10.5. The lowest BCUT2D eigenvalue weighted by Crippen LogP contribution is -1.98. The molecule has 0 unspecified atom stereocenters. The summed E-state index contributed by atoms with van der Waals surface area (Å²) in [6, 6.07) is 8.38. The van der Waals surface area contributed by atoms with E-state index in [0.717, 1.165) is 0 Å². The zero-order chi connectivity index (χ0) is 15.6. The molecule has 5 nitrogen and oxygen atoms in total. The molecule has 0 aliphatic rings.